The van der Waals surface area contributed by atoms with Gasteiger partial charge in [0.2, 0.25) is 0 Å². The first-order chi connectivity index (χ1) is 7.29. The molecule has 0 fully saturated rings. The van der Waals surface area contributed by atoms with Gasteiger partial charge in [-0.3, -0.25) is 4.98 Å². The van der Waals surface area contributed by atoms with E-state index in [4.69, 9.17) is 0 Å². The molecule has 90 valence electrons. The highest BCUT2D eigenvalue weighted by Crippen LogP contribution is 2.41. The van der Waals surface area contributed by atoms with Crippen molar-refractivity contribution >= 4 is 31.9 Å². The Balaban J connectivity index is 3.47. The lowest BCUT2D eigenvalue weighted by Gasteiger charge is -2.15. The molecule has 1 nitrogen and oxygen atoms in total. The van der Waals surface area contributed by atoms with Gasteiger partial charge >= 0.3 is 6.18 Å². The molecule has 1 heterocycles. The second kappa shape index (κ2) is 4.95. The largest absolute Gasteiger partial charge is 0.417 e. The van der Waals surface area contributed by atoms with Gasteiger partial charge in [0.1, 0.15) is 5.69 Å². The van der Waals surface area contributed by atoms with Gasteiger partial charge in [-0.05, 0) is 21.5 Å². The lowest BCUT2D eigenvalue weighted by Crippen LogP contribution is -2.12. The molecule has 1 aromatic heterocycles. The number of pyridine rings is 1. The minimum absolute atomic E-state index is 0.114. The normalized spacial score (nSPS) is 12.2. The number of hydrogen-bond acceptors (Lipinski definition) is 1. The topological polar surface area (TPSA) is 12.9 Å². The third-order valence-corrected chi connectivity index (χ3v) is 3.17. The number of rotatable bonds is 2. The smallest absolute Gasteiger partial charge is 0.254 e. The average Bonchev–Trinajstić information content (AvgIpc) is 2.14. The quantitative estimate of drug-likeness (QED) is 0.545. The van der Waals surface area contributed by atoms with Crippen molar-refractivity contribution in [1.29, 1.82) is 0 Å². The maximum Gasteiger partial charge on any atom is 0.417 e. The van der Waals surface area contributed by atoms with Crippen molar-refractivity contribution in [2.45, 2.75) is 17.9 Å². The van der Waals surface area contributed by atoms with Crippen molar-refractivity contribution in [3.05, 3.63) is 27.5 Å². The summed E-state index contributed by atoms with van der Waals surface area (Å²) in [4.78, 5) is 3.30. The second-order valence-corrected chi connectivity index (χ2v) is 4.14. The van der Waals surface area contributed by atoms with Crippen molar-refractivity contribution in [2.75, 3.05) is 0 Å². The lowest BCUT2D eigenvalue weighted by molar-refractivity contribution is -0.138. The summed E-state index contributed by atoms with van der Waals surface area (Å²) in [5.41, 5.74) is -2.21. The molecule has 0 spiro atoms. The standard InChI is InChI=1S/C8H4Br2F5N/c9-1-3-2-16-6(7(11)12)5(10)4(3)8(13,14)15/h2,7H,1H2. The van der Waals surface area contributed by atoms with Gasteiger partial charge in [0, 0.05) is 11.5 Å². The number of aromatic nitrogens is 1. The third kappa shape index (κ3) is 2.71. The summed E-state index contributed by atoms with van der Waals surface area (Å²) in [5, 5.41) is -0.114. The zero-order valence-corrected chi connectivity index (χ0v) is 10.6. The van der Waals surface area contributed by atoms with Crippen LogP contribution in [0.15, 0.2) is 10.7 Å². The van der Waals surface area contributed by atoms with Crippen molar-refractivity contribution in [2.24, 2.45) is 0 Å². The molecule has 0 N–H and O–H groups in total. The van der Waals surface area contributed by atoms with Crippen LogP contribution in [0, 0.1) is 0 Å². The Bertz CT molecular complexity index is 391. The van der Waals surface area contributed by atoms with E-state index in [1.165, 1.54) is 0 Å². The molecular weight excluding hydrogens is 365 g/mol. The fraction of sp³-hybridized carbons (Fsp3) is 0.375. The number of alkyl halides is 6. The van der Waals surface area contributed by atoms with Crippen molar-refractivity contribution < 1.29 is 22.0 Å². The summed E-state index contributed by atoms with van der Waals surface area (Å²) >= 11 is 5.37. The molecule has 1 rings (SSSR count). The maximum absolute atomic E-state index is 12.6. The van der Waals surface area contributed by atoms with Gasteiger partial charge in [-0.2, -0.15) is 13.2 Å². The molecule has 0 bridgehead atoms. The molecule has 1 aromatic rings. The van der Waals surface area contributed by atoms with Gasteiger partial charge in [0.15, 0.2) is 0 Å². The third-order valence-electron chi connectivity index (χ3n) is 1.76. The molecule has 0 unspecified atom stereocenters. The Kier molecular flexibility index (Phi) is 4.28. The molecule has 0 radical (unpaired) electrons. The zero-order chi connectivity index (χ0) is 12.5. The summed E-state index contributed by atoms with van der Waals surface area (Å²) in [6, 6.07) is 0. The zero-order valence-electron chi connectivity index (χ0n) is 7.45. The summed E-state index contributed by atoms with van der Waals surface area (Å²) in [5.74, 6) is 0. The predicted octanol–water partition coefficient (Wildman–Crippen LogP) is 4.70. The van der Waals surface area contributed by atoms with Gasteiger partial charge in [-0.15, -0.1) is 0 Å². The predicted molar refractivity (Wildman–Crippen MR) is 54.5 cm³/mol. The average molecular weight is 369 g/mol. The molecule has 0 amide bonds. The van der Waals surface area contributed by atoms with Crippen LogP contribution in [0.25, 0.3) is 0 Å². The van der Waals surface area contributed by atoms with E-state index >= 15 is 0 Å². The van der Waals surface area contributed by atoms with Crippen LogP contribution in [-0.2, 0) is 11.5 Å². The van der Waals surface area contributed by atoms with Crippen LogP contribution in [0.4, 0.5) is 22.0 Å². The van der Waals surface area contributed by atoms with Gasteiger partial charge < -0.3 is 0 Å². The van der Waals surface area contributed by atoms with E-state index in [1.54, 1.807) is 0 Å². The van der Waals surface area contributed by atoms with Crippen LogP contribution in [0.1, 0.15) is 23.2 Å². The van der Waals surface area contributed by atoms with Gasteiger partial charge in [0.25, 0.3) is 6.43 Å². The van der Waals surface area contributed by atoms with Crippen molar-refractivity contribution in [1.82, 2.24) is 4.98 Å². The fourth-order valence-corrected chi connectivity index (χ4v) is 2.28. The molecule has 0 aromatic carbocycles. The minimum Gasteiger partial charge on any atom is -0.254 e. The molecule has 0 atom stereocenters. The summed E-state index contributed by atoms with van der Waals surface area (Å²) in [6.07, 6.45) is -6.96. The summed E-state index contributed by atoms with van der Waals surface area (Å²) in [6.45, 7) is 0. The highest BCUT2D eigenvalue weighted by Gasteiger charge is 2.37. The van der Waals surface area contributed by atoms with Gasteiger partial charge in [0.05, 0.1) is 10.0 Å². The Hall–Kier alpha value is -0.240. The fourth-order valence-electron chi connectivity index (χ4n) is 1.10. The Morgan fingerprint density at radius 1 is 1.31 bits per heavy atom. The van der Waals surface area contributed by atoms with E-state index < -0.39 is 28.3 Å². The highest BCUT2D eigenvalue weighted by atomic mass is 79.9. The van der Waals surface area contributed by atoms with Crippen molar-refractivity contribution in [3.8, 4) is 0 Å². The molecule has 0 saturated carbocycles. The number of nitrogens with zero attached hydrogens (tertiary/aromatic N) is 1. The molecule has 16 heavy (non-hydrogen) atoms. The van der Waals surface area contributed by atoms with Crippen LogP contribution in [-0.4, -0.2) is 4.98 Å². The Morgan fingerprint density at radius 3 is 2.25 bits per heavy atom. The molecule has 0 saturated heterocycles. The monoisotopic (exact) mass is 367 g/mol. The van der Waals surface area contributed by atoms with Crippen LogP contribution in [0.2, 0.25) is 0 Å². The van der Waals surface area contributed by atoms with Gasteiger partial charge in [-0.1, -0.05) is 15.9 Å². The van der Waals surface area contributed by atoms with E-state index in [2.05, 4.69) is 36.8 Å². The van der Waals surface area contributed by atoms with Crippen LogP contribution < -0.4 is 0 Å². The molecule has 8 heteroatoms. The number of hydrogen-bond donors (Lipinski definition) is 0. The van der Waals surface area contributed by atoms with Gasteiger partial charge in [-0.25, -0.2) is 8.78 Å². The van der Waals surface area contributed by atoms with E-state index in [1.807, 2.05) is 0 Å². The summed E-state index contributed by atoms with van der Waals surface area (Å²) < 4.78 is 61.9. The van der Waals surface area contributed by atoms with E-state index in [-0.39, 0.29) is 10.9 Å². The van der Waals surface area contributed by atoms with E-state index in [0.717, 1.165) is 6.20 Å². The maximum atomic E-state index is 12.6. The Labute approximate surface area is 104 Å². The van der Waals surface area contributed by atoms with Crippen LogP contribution in [0.3, 0.4) is 0 Å². The van der Waals surface area contributed by atoms with E-state index in [9.17, 15) is 22.0 Å². The first kappa shape index (κ1) is 13.8. The minimum atomic E-state index is -4.70. The first-order valence-corrected chi connectivity index (χ1v) is 5.79. The SMILES string of the molecule is FC(F)c1ncc(CBr)c(C(F)(F)F)c1Br. The molecule has 0 aliphatic carbocycles. The lowest BCUT2D eigenvalue weighted by atomic mass is 10.1. The van der Waals surface area contributed by atoms with E-state index in [0.29, 0.717) is 0 Å². The van der Waals surface area contributed by atoms with Crippen LogP contribution >= 0.6 is 31.9 Å². The summed E-state index contributed by atoms with van der Waals surface area (Å²) in [7, 11) is 0. The van der Waals surface area contributed by atoms with Crippen molar-refractivity contribution in [3.63, 3.8) is 0 Å². The molecular formula is C8H4Br2F5N. The highest BCUT2D eigenvalue weighted by molar-refractivity contribution is 9.10. The Morgan fingerprint density at radius 2 is 1.88 bits per heavy atom. The number of halogens is 7. The van der Waals surface area contributed by atoms with Crippen LogP contribution in [0.5, 0.6) is 0 Å². The first-order valence-electron chi connectivity index (χ1n) is 3.87. The molecule has 0 aliphatic rings. The second-order valence-electron chi connectivity index (χ2n) is 2.79. The molecule has 0 aliphatic heterocycles.